The smallest absolute Gasteiger partial charge is 0.417 e. The van der Waals surface area contributed by atoms with Gasteiger partial charge in [-0.05, 0) is 57.7 Å². The number of nitrogens with one attached hydrogen (secondary N) is 1. The fourth-order valence-electron chi connectivity index (χ4n) is 8.21. The number of ether oxygens (including phenoxy) is 2. The molecule has 43 heavy (non-hydrogen) atoms. The third kappa shape index (κ3) is 5.01. The quantitative estimate of drug-likeness (QED) is 0.370. The topological polar surface area (TPSA) is 88.8 Å². The maximum absolute atomic E-state index is 15.4. The van der Waals surface area contributed by atoms with E-state index in [1.165, 1.54) is 6.92 Å². The van der Waals surface area contributed by atoms with Crippen LogP contribution >= 0.6 is 0 Å². The Hall–Kier alpha value is -2.77. The first-order valence-corrected chi connectivity index (χ1v) is 15.2. The number of rotatable bonds is 5. The lowest BCUT2D eigenvalue weighted by Gasteiger charge is -2.38. The third-order valence-electron chi connectivity index (χ3n) is 10.0. The molecule has 0 radical (unpaired) electrons. The minimum atomic E-state index is -4.81. The van der Waals surface area contributed by atoms with Crippen LogP contribution in [0, 0.1) is 12.7 Å². The number of nitrogens with zero attached hydrogens (tertiary/aromatic N) is 4. The van der Waals surface area contributed by atoms with E-state index < -0.39 is 47.0 Å². The molecule has 2 bridgehead atoms. The van der Waals surface area contributed by atoms with E-state index in [1.54, 1.807) is 6.92 Å². The number of aryl methyl sites for hydroxylation is 1. The maximum atomic E-state index is 15.4. The SMILES string of the molecule is Cc1cc(N)c(F)c([C@H]2Cc3nc(OC[C@@]45CCCN4C[C@H](F)C5)nc(N4CC5CCC(C4)N5)c3[C@H](C)O2)c1C(F)(F)F. The average molecular weight is 609 g/mol. The van der Waals surface area contributed by atoms with Gasteiger partial charge in [-0.15, -0.1) is 0 Å². The summed E-state index contributed by atoms with van der Waals surface area (Å²) in [6, 6.07) is 1.69. The summed E-state index contributed by atoms with van der Waals surface area (Å²) in [6.07, 6.45) is -3.60. The van der Waals surface area contributed by atoms with Crippen LogP contribution in [0.2, 0.25) is 0 Å². The number of alkyl halides is 4. The van der Waals surface area contributed by atoms with Gasteiger partial charge in [0.15, 0.2) is 5.82 Å². The van der Waals surface area contributed by atoms with Crippen LogP contribution in [0.15, 0.2) is 6.07 Å². The van der Waals surface area contributed by atoms with E-state index in [0.717, 1.165) is 38.3 Å². The van der Waals surface area contributed by atoms with Crippen LogP contribution in [0.3, 0.4) is 0 Å². The van der Waals surface area contributed by atoms with Gasteiger partial charge in [-0.25, -0.2) is 8.78 Å². The van der Waals surface area contributed by atoms with Crippen LogP contribution in [0.25, 0.3) is 0 Å². The molecule has 8 nitrogen and oxygen atoms in total. The molecule has 7 rings (SSSR count). The number of hydrogen-bond donors (Lipinski definition) is 2. The summed E-state index contributed by atoms with van der Waals surface area (Å²) in [5.74, 6) is -0.509. The van der Waals surface area contributed by atoms with Crippen molar-refractivity contribution in [1.82, 2.24) is 20.2 Å². The van der Waals surface area contributed by atoms with Crippen LogP contribution in [0.1, 0.15) is 79.2 Å². The van der Waals surface area contributed by atoms with Gasteiger partial charge >= 0.3 is 12.2 Å². The maximum Gasteiger partial charge on any atom is 0.417 e. The van der Waals surface area contributed by atoms with Gasteiger partial charge < -0.3 is 25.4 Å². The third-order valence-corrected chi connectivity index (χ3v) is 10.0. The average Bonchev–Trinajstić information content (AvgIpc) is 3.58. The molecule has 0 aliphatic carbocycles. The predicted octanol–water partition coefficient (Wildman–Crippen LogP) is 4.80. The molecule has 6 atom stereocenters. The Balaban J connectivity index is 1.28. The Morgan fingerprint density at radius 1 is 1.16 bits per heavy atom. The Morgan fingerprint density at radius 2 is 1.91 bits per heavy atom. The van der Waals surface area contributed by atoms with Crippen LogP contribution in [-0.4, -0.2) is 71.4 Å². The minimum absolute atomic E-state index is 0.0938. The molecule has 4 saturated heterocycles. The molecule has 5 aliphatic rings. The van der Waals surface area contributed by atoms with Crippen molar-refractivity contribution in [3.05, 3.63) is 39.8 Å². The number of nitrogen functional groups attached to an aromatic ring is 1. The van der Waals surface area contributed by atoms with Crippen molar-refractivity contribution in [1.29, 1.82) is 0 Å². The van der Waals surface area contributed by atoms with Gasteiger partial charge in [0.25, 0.3) is 0 Å². The molecular weight excluding hydrogens is 571 g/mol. The van der Waals surface area contributed by atoms with E-state index in [4.69, 9.17) is 25.2 Å². The highest BCUT2D eigenvalue weighted by molar-refractivity contribution is 5.56. The summed E-state index contributed by atoms with van der Waals surface area (Å²) in [5.41, 5.74) is 4.30. The molecule has 0 spiro atoms. The molecule has 3 N–H and O–H groups in total. The Bertz CT molecular complexity index is 1410. The van der Waals surface area contributed by atoms with E-state index in [2.05, 4.69) is 15.1 Å². The predicted molar refractivity (Wildman–Crippen MR) is 149 cm³/mol. The first-order valence-electron chi connectivity index (χ1n) is 15.2. The summed E-state index contributed by atoms with van der Waals surface area (Å²) >= 11 is 0. The van der Waals surface area contributed by atoms with Crippen molar-refractivity contribution in [2.75, 3.05) is 43.4 Å². The van der Waals surface area contributed by atoms with E-state index in [0.29, 0.717) is 55.2 Å². The second kappa shape index (κ2) is 10.4. The first-order chi connectivity index (χ1) is 20.4. The normalized spacial score (nSPS) is 32.3. The molecule has 2 aromatic rings. The van der Waals surface area contributed by atoms with Crippen molar-refractivity contribution in [2.24, 2.45) is 0 Å². The Kier molecular flexibility index (Phi) is 7.01. The molecule has 1 aromatic heterocycles. The van der Waals surface area contributed by atoms with Crippen molar-refractivity contribution >= 4 is 11.5 Å². The van der Waals surface area contributed by atoms with Gasteiger partial charge in [0, 0.05) is 55.7 Å². The second-order valence-electron chi connectivity index (χ2n) is 13.0. The molecule has 234 valence electrons. The highest BCUT2D eigenvalue weighted by Gasteiger charge is 2.50. The number of anilines is 2. The van der Waals surface area contributed by atoms with Crippen LogP contribution in [0.5, 0.6) is 6.01 Å². The van der Waals surface area contributed by atoms with E-state index in [-0.39, 0.29) is 30.3 Å². The number of hydrogen-bond acceptors (Lipinski definition) is 8. The number of nitrogens with two attached hydrogens (primary N) is 1. The zero-order valence-electron chi connectivity index (χ0n) is 24.3. The lowest BCUT2D eigenvalue weighted by molar-refractivity contribution is -0.141. The number of benzene rings is 1. The highest BCUT2D eigenvalue weighted by atomic mass is 19.4. The number of aromatic nitrogens is 2. The number of fused-ring (bicyclic) bond motifs is 4. The molecule has 1 aromatic carbocycles. The van der Waals surface area contributed by atoms with Gasteiger partial charge in [0.05, 0.1) is 34.7 Å². The fraction of sp³-hybridized carbons (Fsp3) is 0.667. The summed E-state index contributed by atoms with van der Waals surface area (Å²) in [4.78, 5) is 13.9. The lowest BCUT2D eigenvalue weighted by atomic mass is 9.89. The molecule has 0 saturated carbocycles. The lowest BCUT2D eigenvalue weighted by Crippen LogP contribution is -2.52. The van der Waals surface area contributed by atoms with Gasteiger partial charge in [-0.1, -0.05) is 0 Å². The largest absolute Gasteiger partial charge is 0.461 e. The molecule has 5 aliphatic heterocycles. The van der Waals surface area contributed by atoms with Gasteiger partial charge in [-0.3, -0.25) is 4.90 Å². The molecule has 13 heteroatoms. The van der Waals surface area contributed by atoms with Gasteiger partial charge in [0.2, 0.25) is 0 Å². The highest BCUT2D eigenvalue weighted by Crippen LogP contribution is 2.48. The summed E-state index contributed by atoms with van der Waals surface area (Å²) in [7, 11) is 0. The monoisotopic (exact) mass is 608 g/mol. The summed E-state index contributed by atoms with van der Waals surface area (Å²) in [6.45, 7) is 5.82. The fourth-order valence-corrected chi connectivity index (χ4v) is 8.21. The molecule has 4 fully saturated rings. The Morgan fingerprint density at radius 3 is 2.63 bits per heavy atom. The molecule has 0 amide bonds. The number of piperazine rings is 1. The minimum Gasteiger partial charge on any atom is -0.461 e. The van der Waals surface area contributed by atoms with Crippen LogP contribution in [0.4, 0.5) is 33.5 Å². The van der Waals surface area contributed by atoms with Crippen LogP contribution < -0.4 is 20.7 Å². The number of halogens is 5. The molecule has 6 heterocycles. The zero-order valence-corrected chi connectivity index (χ0v) is 24.3. The molecular formula is C30H37F5N6O2. The van der Waals surface area contributed by atoms with Crippen LogP contribution in [-0.2, 0) is 17.3 Å². The van der Waals surface area contributed by atoms with Crippen molar-refractivity contribution in [3.8, 4) is 6.01 Å². The van der Waals surface area contributed by atoms with E-state index in [9.17, 15) is 17.6 Å². The van der Waals surface area contributed by atoms with Gasteiger partial charge in [-0.2, -0.15) is 23.1 Å². The summed E-state index contributed by atoms with van der Waals surface area (Å²) in [5, 5.41) is 3.60. The Labute approximate surface area is 247 Å². The first kappa shape index (κ1) is 29.0. The van der Waals surface area contributed by atoms with Gasteiger partial charge in [0.1, 0.15) is 18.6 Å². The van der Waals surface area contributed by atoms with E-state index >= 15 is 4.39 Å². The second-order valence-corrected chi connectivity index (χ2v) is 13.0. The van der Waals surface area contributed by atoms with Crippen molar-refractivity contribution in [2.45, 2.75) is 94.6 Å². The van der Waals surface area contributed by atoms with E-state index in [1.807, 2.05) is 0 Å². The zero-order chi connectivity index (χ0) is 30.3. The summed E-state index contributed by atoms with van der Waals surface area (Å²) < 4.78 is 85.0. The molecule has 2 unspecified atom stereocenters. The van der Waals surface area contributed by atoms with Crippen molar-refractivity contribution in [3.63, 3.8) is 0 Å². The van der Waals surface area contributed by atoms with Crippen molar-refractivity contribution < 1.29 is 31.4 Å². The standard InChI is InChI=1S/C30H37F5N6O2/c1-15-8-20(36)26(32)24(25(15)30(33,34)35)22-9-21-23(16(2)43-22)27(40-12-18-4-5-19(13-40)37-18)39-28(38-21)42-14-29-6-3-7-41(29)11-17(31)10-29/h8,16-19,22,37H,3-7,9-14,36H2,1-2H3/t16-,17+,18?,19?,22+,29-/m0/s1.